The predicted octanol–water partition coefficient (Wildman–Crippen LogP) is -0.807. The van der Waals surface area contributed by atoms with Gasteiger partial charge in [0.2, 0.25) is 5.16 Å². The van der Waals surface area contributed by atoms with E-state index in [9.17, 15) is 4.79 Å². The number of nitrogens with two attached hydrogens (primary N) is 1. The van der Waals surface area contributed by atoms with Crippen molar-refractivity contribution >= 4 is 17.7 Å². The number of tetrazole rings is 1. The Bertz CT molecular complexity index is 351. The largest absolute Gasteiger partial charge is 0.468 e. The number of hydrogen-bond donors (Lipinski definition) is 1. The number of esters is 1. The number of aryl methyl sites for hydroxylation is 1. The molecule has 84 valence electrons. The summed E-state index contributed by atoms with van der Waals surface area (Å²) < 4.78 is 6.09. The van der Waals surface area contributed by atoms with Crippen LogP contribution in [-0.2, 0) is 16.6 Å². The van der Waals surface area contributed by atoms with Crippen molar-refractivity contribution in [3.05, 3.63) is 0 Å². The molecule has 15 heavy (non-hydrogen) atoms. The molecule has 1 unspecified atom stereocenters. The summed E-state index contributed by atoms with van der Waals surface area (Å²) in [7, 11) is 3.02. The fourth-order valence-corrected chi connectivity index (χ4v) is 1.71. The van der Waals surface area contributed by atoms with Gasteiger partial charge in [-0.15, -0.1) is 5.10 Å². The van der Waals surface area contributed by atoms with Gasteiger partial charge in [-0.05, 0) is 17.4 Å². The first-order chi connectivity index (χ1) is 6.97. The number of thioether (sulfide) groups is 1. The second kappa shape index (κ2) is 4.58. The van der Waals surface area contributed by atoms with Gasteiger partial charge in [-0.3, -0.25) is 4.79 Å². The average molecular weight is 231 g/mol. The zero-order valence-electron chi connectivity index (χ0n) is 8.80. The monoisotopic (exact) mass is 231 g/mol. The summed E-state index contributed by atoms with van der Waals surface area (Å²) >= 11 is 1.31. The minimum atomic E-state index is -1.04. The van der Waals surface area contributed by atoms with Gasteiger partial charge in [0.1, 0.15) is 5.54 Å². The zero-order valence-corrected chi connectivity index (χ0v) is 9.61. The normalized spacial score (nSPS) is 14.7. The number of rotatable bonds is 4. The van der Waals surface area contributed by atoms with Crippen molar-refractivity contribution in [2.45, 2.75) is 17.6 Å². The molecule has 0 amide bonds. The van der Waals surface area contributed by atoms with Crippen molar-refractivity contribution in [1.82, 2.24) is 20.2 Å². The van der Waals surface area contributed by atoms with Crippen LogP contribution in [0.4, 0.5) is 0 Å². The number of aromatic nitrogens is 4. The Morgan fingerprint density at radius 3 is 2.87 bits per heavy atom. The Balaban J connectivity index is 2.57. The lowest BCUT2D eigenvalue weighted by molar-refractivity contribution is -0.145. The Kier molecular flexibility index (Phi) is 3.64. The summed E-state index contributed by atoms with van der Waals surface area (Å²) in [6.45, 7) is 1.61. The predicted molar refractivity (Wildman–Crippen MR) is 54.1 cm³/mol. The molecule has 0 bridgehead atoms. The van der Waals surface area contributed by atoms with Crippen LogP contribution in [-0.4, -0.2) is 44.6 Å². The number of hydrogen-bond acceptors (Lipinski definition) is 7. The van der Waals surface area contributed by atoms with Crippen molar-refractivity contribution in [3.8, 4) is 0 Å². The third-order valence-corrected chi connectivity index (χ3v) is 3.08. The number of methoxy groups -OCH3 is 1. The van der Waals surface area contributed by atoms with E-state index >= 15 is 0 Å². The molecule has 0 spiro atoms. The van der Waals surface area contributed by atoms with Gasteiger partial charge in [0.25, 0.3) is 0 Å². The van der Waals surface area contributed by atoms with Crippen LogP contribution in [0.25, 0.3) is 0 Å². The van der Waals surface area contributed by atoms with Gasteiger partial charge < -0.3 is 10.5 Å². The van der Waals surface area contributed by atoms with Crippen molar-refractivity contribution in [1.29, 1.82) is 0 Å². The number of ether oxygens (including phenoxy) is 1. The zero-order chi connectivity index (χ0) is 11.5. The molecule has 0 fully saturated rings. The van der Waals surface area contributed by atoms with Crippen LogP contribution < -0.4 is 5.73 Å². The smallest absolute Gasteiger partial charge is 0.326 e. The molecule has 0 saturated carbocycles. The van der Waals surface area contributed by atoms with E-state index in [2.05, 4.69) is 20.3 Å². The standard InChI is InChI=1S/C7H13N5O2S/c1-7(8,5(13)14-3)4-15-6-9-10-11-12(6)2/h4,8H2,1-3H3. The summed E-state index contributed by atoms with van der Waals surface area (Å²) in [5, 5.41) is 11.5. The first kappa shape index (κ1) is 11.9. The molecule has 1 aromatic rings. The summed E-state index contributed by atoms with van der Waals surface area (Å²) in [4.78, 5) is 11.3. The minimum Gasteiger partial charge on any atom is -0.468 e. The maximum Gasteiger partial charge on any atom is 0.326 e. The van der Waals surface area contributed by atoms with Crippen molar-refractivity contribution in [2.24, 2.45) is 12.8 Å². The van der Waals surface area contributed by atoms with Crippen LogP contribution in [0.1, 0.15) is 6.92 Å². The first-order valence-electron chi connectivity index (χ1n) is 4.20. The molecule has 1 rings (SSSR count). The molecule has 0 aromatic carbocycles. The van der Waals surface area contributed by atoms with Crippen LogP contribution in [0.15, 0.2) is 5.16 Å². The summed E-state index contributed by atoms with van der Waals surface area (Å²) in [6.07, 6.45) is 0. The highest BCUT2D eigenvalue weighted by atomic mass is 32.2. The van der Waals surface area contributed by atoms with Gasteiger partial charge >= 0.3 is 5.97 Å². The number of nitrogens with zero attached hydrogens (tertiary/aromatic N) is 4. The summed E-state index contributed by atoms with van der Waals surface area (Å²) in [5.74, 6) is -0.0985. The van der Waals surface area contributed by atoms with E-state index in [-0.39, 0.29) is 0 Å². The van der Waals surface area contributed by atoms with Gasteiger partial charge in [-0.1, -0.05) is 11.8 Å². The fourth-order valence-electron chi connectivity index (χ4n) is 0.850. The average Bonchev–Trinajstić information content (AvgIpc) is 2.60. The molecule has 0 saturated heterocycles. The maximum atomic E-state index is 11.3. The Labute approximate surface area is 91.3 Å². The quantitative estimate of drug-likeness (QED) is 0.535. The number of carbonyl (C=O) groups is 1. The van der Waals surface area contributed by atoms with E-state index in [4.69, 9.17) is 5.73 Å². The molecule has 1 atom stereocenters. The molecule has 0 aliphatic rings. The van der Waals surface area contributed by atoms with E-state index in [1.54, 1.807) is 14.0 Å². The molecule has 8 heteroatoms. The second-order valence-electron chi connectivity index (χ2n) is 3.28. The van der Waals surface area contributed by atoms with Crippen molar-refractivity contribution < 1.29 is 9.53 Å². The van der Waals surface area contributed by atoms with E-state index in [1.165, 1.54) is 23.6 Å². The second-order valence-corrected chi connectivity index (χ2v) is 4.23. The molecule has 0 radical (unpaired) electrons. The Morgan fingerprint density at radius 1 is 1.73 bits per heavy atom. The van der Waals surface area contributed by atoms with Crippen molar-refractivity contribution in [3.63, 3.8) is 0 Å². The van der Waals surface area contributed by atoms with E-state index in [0.717, 1.165) is 0 Å². The van der Waals surface area contributed by atoms with E-state index < -0.39 is 11.5 Å². The van der Waals surface area contributed by atoms with Crippen LogP contribution in [0.5, 0.6) is 0 Å². The highest BCUT2D eigenvalue weighted by molar-refractivity contribution is 7.99. The third kappa shape index (κ3) is 2.90. The Morgan fingerprint density at radius 2 is 2.40 bits per heavy atom. The lowest BCUT2D eigenvalue weighted by Crippen LogP contribution is -2.48. The van der Waals surface area contributed by atoms with E-state index in [1.807, 2.05) is 0 Å². The van der Waals surface area contributed by atoms with E-state index in [0.29, 0.717) is 10.9 Å². The molecule has 0 aliphatic carbocycles. The molecule has 1 aromatic heterocycles. The van der Waals surface area contributed by atoms with Crippen LogP contribution in [0, 0.1) is 0 Å². The topological polar surface area (TPSA) is 95.9 Å². The van der Waals surface area contributed by atoms with Gasteiger partial charge in [0, 0.05) is 12.8 Å². The molecular formula is C7H13N5O2S. The lowest BCUT2D eigenvalue weighted by atomic mass is 10.1. The van der Waals surface area contributed by atoms with Gasteiger partial charge in [-0.25, -0.2) is 4.68 Å². The van der Waals surface area contributed by atoms with Crippen LogP contribution >= 0.6 is 11.8 Å². The van der Waals surface area contributed by atoms with Crippen molar-refractivity contribution in [2.75, 3.05) is 12.9 Å². The number of carbonyl (C=O) groups excluding carboxylic acids is 1. The van der Waals surface area contributed by atoms with Crippen LogP contribution in [0.3, 0.4) is 0 Å². The maximum absolute atomic E-state index is 11.3. The molecule has 1 heterocycles. The highest BCUT2D eigenvalue weighted by Gasteiger charge is 2.30. The summed E-state index contributed by atoms with van der Waals surface area (Å²) in [5.41, 5.74) is 4.73. The molecule has 0 aliphatic heterocycles. The van der Waals surface area contributed by atoms with Crippen LogP contribution in [0.2, 0.25) is 0 Å². The lowest BCUT2D eigenvalue weighted by Gasteiger charge is -2.19. The fraction of sp³-hybridized carbons (Fsp3) is 0.714. The Hall–Kier alpha value is -1.15. The molecule has 2 N–H and O–H groups in total. The molecule has 7 nitrogen and oxygen atoms in total. The molecular weight excluding hydrogens is 218 g/mol. The highest BCUT2D eigenvalue weighted by Crippen LogP contribution is 2.18. The first-order valence-corrected chi connectivity index (χ1v) is 5.18. The third-order valence-electron chi connectivity index (χ3n) is 1.73. The minimum absolute atomic E-state index is 0.355. The van der Waals surface area contributed by atoms with Gasteiger partial charge in [0.15, 0.2) is 0 Å². The van der Waals surface area contributed by atoms with Gasteiger partial charge in [0.05, 0.1) is 7.11 Å². The SMILES string of the molecule is COC(=O)C(C)(N)CSc1nnnn1C. The summed E-state index contributed by atoms with van der Waals surface area (Å²) in [6, 6.07) is 0. The van der Waals surface area contributed by atoms with Gasteiger partial charge in [-0.2, -0.15) is 0 Å².